The predicted octanol–water partition coefficient (Wildman–Crippen LogP) is 5.06. The normalized spacial score (nSPS) is 12.5. The number of benzene rings is 2. The highest BCUT2D eigenvalue weighted by molar-refractivity contribution is 5.95. The van der Waals surface area contributed by atoms with E-state index in [9.17, 15) is 9.90 Å². The number of carbonyl (C=O) groups excluding carboxylic acids is 1. The number of nitrogens with one attached hydrogen (secondary N) is 1. The first kappa shape index (κ1) is 22.8. The molecule has 2 aromatic carbocycles. The molecule has 5 heteroatoms. The molecule has 1 amide bonds. The molecular formula is C24H35N3O2. The van der Waals surface area contributed by atoms with E-state index in [1.54, 1.807) is 6.07 Å². The van der Waals surface area contributed by atoms with Crippen LogP contribution in [-0.2, 0) is 0 Å². The number of hydrogen-bond donors (Lipinski definition) is 2. The Morgan fingerprint density at radius 2 is 1.55 bits per heavy atom. The van der Waals surface area contributed by atoms with Crippen LogP contribution in [0.5, 0.6) is 5.75 Å². The van der Waals surface area contributed by atoms with Crippen LogP contribution in [0.2, 0.25) is 0 Å². The summed E-state index contributed by atoms with van der Waals surface area (Å²) in [5.74, 6) is 0.500. The number of aromatic hydroxyl groups is 1. The molecule has 1 atom stereocenters. The zero-order valence-electron chi connectivity index (χ0n) is 18.7. The minimum absolute atomic E-state index is 0.0409. The van der Waals surface area contributed by atoms with Gasteiger partial charge < -0.3 is 20.2 Å². The fraction of sp³-hybridized carbons (Fsp3) is 0.458. The van der Waals surface area contributed by atoms with Gasteiger partial charge in [-0.2, -0.15) is 0 Å². The van der Waals surface area contributed by atoms with E-state index in [-0.39, 0.29) is 23.9 Å². The molecule has 2 N–H and O–H groups in total. The van der Waals surface area contributed by atoms with Gasteiger partial charge in [-0.1, -0.05) is 13.0 Å². The van der Waals surface area contributed by atoms with E-state index in [4.69, 9.17) is 0 Å². The minimum atomic E-state index is 0.0409. The molecule has 0 fully saturated rings. The van der Waals surface area contributed by atoms with Crippen LogP contribution in [0.25, 0.3) is 0 Å². The Labute approximate surface area is 175 Å². The molecule has 0 aliphatic heterocycles. The van der Waals surface area contributed by atoms with Crippen molar-refractivity contribution in [1.29, 1.82) is 0 Å². The highest BCUT2D eigenvalue weighted by Gasteiger charge is 2.21. The van der Waals surface area contributed by atoms with Crippen LogP contribution >= 0.6 is 0 Å². The van der Waals surface area contributed by atoms with Crippen LogP contribution in [0.3, 0.4) is 0 Å². The lowest BCUT2D eigenvalue weighted by molar-refractivity contribution is 0.0644. The lowest BCUT2D eigenvalue weighted by atomic mass is 9.97. The number of likely N-dealkylation sites (N-methyl/N-ethyl adjacent to an activating group) is 1. The molecule has 0 aliphatic carbocycles. The van der Waals surface area contributed by atoms with Crippen LogP contribution in [0, 0.1) is 0 Å². The second kappa shape index (κ2) is 9.79. The Bertz CT molecular complexity index is 805. The smallest absolute Gasteiger partial charge is 0.254 e. The van der Waals surface area contributed by atoms with Crippen molar-refractivity contribution in [1.82, 2.24) is 9.80 Å². The second-order valence-electron chi connectivity index (χ2n) is 8.50. The SMILES string of the molecule is CC(CN(C)C)c1c(O)cccc1Nc1ccc(C(=O)N(C(C)C)C(C)C)cc1. The Morgan fingerprint density at radius 1 is 0.966 bits per heavy atom. The van der Waals surface area contributed by atoms with E-state index in [1.807, 2.05) is 83.1 Å². The minimum Gasteiger partial charge on any atom is -0.508 e. The topological polar surface area (TPSA) is 55.8 Å². The van der Waals surface area contributed by atoms with Gasteiger partial charge in [0.1, 0.15) is 5.75 Å². The number of carbonyl (C=O) groups is 1. The first-order valence-corrected chi connectivity index (χ1v) is 10.3. The van der Waals surface area contributed by atoms with E-state index in [1.165, 1.54) is 0 Å². The van der Waals surface area contributed by atoms with Crippen molar-refractivity contribution in [2.75, 3.05) is 26.0 Å². The van der Waals surface area contributed by atoms with E-state index >= 15 is 0 Å². The van der Waals surface area contributed by atoms with Crippen LogP contribution < -0.4 is 5.32 Å². The molecule has 0 aromatic heterocycles. The van der Waals surface area contributed by atoms with Crippen molar-refractivity contribution in [2.45, 2.75) is 52.6 Å². The summed E-state index contributed by atoms with van der Waals surface area (Å²) < 4.78 is 0. The quantitative estimate of drug-likeness (QED) is 0.654. The largest absolute Gasteiger partial charge is 0.508 e. The van der Waals surface area contributed by atoms with Gasteiger partial charge in [0.25, 0.3) is 5.91 Å². The van der Waals surface area contributed by atoms with Crippen molar-refractivity contribution in [3.05, 3.63) is 53.6 Å². The summed E-state index contributed by atoms with van der Waals surface area (Å²) in [6, 6.07) is 13.4. The van der Waals surface area contributed by atoms with Crippen LogP contribution in [0.15, 0.2) is 42.5 Å². The number of nitrogens with zero attached hydrogens (tertiary/aromatic N) is 2. The lowest BCUT2D eigenvalue weighted by Gasteiger charge is -2.31. The molecule has 1 unspecified atom stereocenters. The number of hydrogen-bond acceptors (Lipinski definition) is 4. The molecule has 0 bridgehead atoms. The Morgan fingerprint density at radius 3 is 2.07 bits per heavy atom. The molecule has 0 radical (unpaired) electrons. The molecule has 0 heterocycles. The van der Waals surface area contributed by atoms with Crippen molar-refractivity contribution >= 4 is 17.3 Å². The third kappa shape index (κ3) is 5.73. The number of amides is 1. The predicted molar refractivity (Wildman–Crippen MR) is 121 cm³/mol. The molecule has 0 spiro atoms. The summed E-state index contributed by atoms with van der Waals surface area (Å²) in [5, 5.41) is 13.8. The first-order chi connectivity index (χ1) is 13.6. The van der Waals surface area contributed by atoms with Gasteiger partial charge in [0.2, 0.25) is 0 Å². The molecular weight excluding hydrogens is 362 g/mol. The first-order valence-electron chi connectivity index (χ1n) is 10.3. The summed E-state index contributed by atoms with van der Waals surface area (Å²) in [6.45, 7) is 11.1. The number of phenols is 1. The maximum Gasteiger partial charge on any atom is 0.254 e. The standard InChI is InChI=1S/C24H35N3O2/c1-16(2)27(17(3)4)24(29)19-11-13-20(14-12-19)25-21-9-8-10-22(28)23(21)18(5)15-26(6)7/h8-14,16-18,25,28H,15H2,1-7H3. The summed E-state index contributed by atoms with van der Waals surface area (Å²) in [4.78, 5) is 16.9. The van der Waals surface area contributed by atoms with E-state index < -0.39 is 0 Å². The van der Waals surface area contributed by atoms with Gasteiger partial charge in [0.15, 0.2) is 0 Å². The Hall–Kier alpha value is -2.53. The molecule has 0 saturated carbocycles. The van der Waals surface area contributed by atoms with Crippen LogP contribution in [-0.4, -0.2) is 53.5 Å². The van der Waals surface area contributed by atoms with E-state index in [2.05, 4.69) is 17.1 Å². The maximum absolute atomic E-state index is 12.9. The van der Waals surface area contributed by atoms with Gasteiger partial charge in [-0.25, -0.2) is 0 Å². The number of phenolic OH excluding ortho intramolecular Hbond substituents is 1. The number of anilines is 2. The average molecular weight is 398 g/mol. The third-order valence-corrected chi connectivity index (χ3v) is 4.97. The summed E-state index contributed by atoms with van der Waals surface area (Å²) in [7, 11) is 4.05. The highest BCUT2D eigenvalue weighted by atomic mass is 16.3. The van der Waals surface area contributed by atoms with Gasteiger partial charge in [0.05, 0.1) is 0 Å². The zero-order valence-corrected chi connectivity index (χ0v) is 18.7. The monoisotopic (exact) mass is 397 g/mol. The van der Waals surface area contributed by atoms with Gasteiger partial charge in [-0.05, 0) is 84.1 Å². The third-order valence-electron chi connectivity index (χ3n) is 4.97. The lowest BCUT2D eigenvalue weighted by Crippen LogP contribution is -2.42. The average Bonchev–Trinajstić information content (AvgIpc) is 2.61. The van der Waals surface area contributed by atoms with Crippen molar-refractivity contribution in [2.24, 2.45) is 0 Å². The maximum atomic E-state index is 12.9. The van der Waals surface area contributed by atoms with Gasteiger partial charge >= 0.3 is 0 Å². The summed E-state index contributed by atoms with van der Waals surface area (Å²) >= 11 is 0. The molecule has 2 aromatic rings. The van der Waals surface area contributed by atoms with Gasteiger partial charge in [0, 0.05) is 41.1 Å². The van der Waals surface area contributed by atoms with E-state index in [0.717, 1.165) is 23.5 Å². The molecule has 0 saturated heterocycles. The van der Waals surface area contributed by atoms with Crippen molar-refractivity contribution < 1.29 is 9.90 Å². The molecule has 5 nitrogen and oxygen atoms in total. The van der Waals surface area contributed by atoms with Crippen molar-refractivity contribution in [3.63, 3.8) is 0 Å². The number of rotatable bonds is 8. The molecule has 29 heavy (non-hydrogen) atoms. The second-order valence-corrected chi connectivity index (χ2v) is 8.50. The molecule has 0 aliphatic rings. The Kier molecular flexibility index (Phi) is 7.68. The molecule has 158 valence electrons. The zero-order chi connectivity index (χ0) is 21.7. The fourth-order valence-electron chi connectivity index (χ4n) is 3.88. The fourth-order valence-corrected chi connectivity index (χ4v) is 3.88. The summed E-state index contributed by atoms with van der Waals surface area (Å²) in [6.07, 6.45) is 0. The summed E-state index contributed by atoms with van der Waals surface area (Å²) in [5.41, 5.74) is 3.33. The van der Waals surface area contributed by atoms with Gasteiger partial charge in [-0.3, -0.25) is 4.79 Å². The van der Waals surface area contributed by atoms with Crippen LogP contribution in [0.1, 0.15) is 56.5 Å². The molecule has 2 rings (SSSR count). The Balaban J connectivity index is 2.25. The highest BCUT2D eigenvalue weighted by Crippen LogP contribution is 2.34. The van der Waals surface area contributed by atoms with Crippen LogP contribution in [0.4, 0.5) is 11.4 Å². The van der Waals surface area contributed by atoms with Crippen molar-refractivity contribution in [3.8, 4) is 5.75 Å². The van der Waals surface area contributed by atoms with E-state index in [0.29, 0.717) is 11.3 Å². The van der Waals surface area contributed by atoms with Gasteiger partial charge in [-0.15, -0.1) is 0 Å².